The first-order valence-corrected chi connectivity index (χ1v) is 10.8. The van der Waals surface area contributed by atoms with E-state index in [0.717, 1.165) is 48.5 Å². The van der Waals surface area contributed by atoms with Crippen LogP contribution in [0.4, 0.5) is 0 Å². The number of piperidine rings is 1. The molecule has 1 saturated heterocycles. The van der Waals surface area contributed by atoms with Crippen LogP contribution >= 0.6 is 0 Å². The predicted molar refractivity (Wildman–Crippen MR) is 117 cm³/mol. The lowest BCUT2D eigenvalue weighted by Gasteiger charge is -2.41. The van der Waals surface area contributed by atoms with Gasteiger partial charge in [0, 0.05) is 37.6 Å². The number of methoxy groups -OCH3 is 1. The molecule has 0 saturated carbocycles. The molecule has 4 heteroatoms. The first-order chi connectivity index (χ1) is 14.3. The molecule has 0 unspecified atom stereocenters. The van der Waals surface area contributed by atoms with Gasteiger partial charge in [0.25, 0.3) is 0 Å². The number of fused-ring (bicyclic) bond motifs is 2. The molecular weight excluding hydrogens is 358 g/mol. The maximum absolute atomic E-state index is 5.51. The van der Waals surface area contributed by atoms with Gasteiger partial charge in [-0.25, -0.2) is 4.98 Å². The highest BCUT2D eigenvalue weighted by Gasteiger charge is 2.28. The second-order valence-electron chi connectivity index (χ2n) is 8.35. The van der Waals surface area contributed by atoms with Crippen LogP contribution in [-0.2, 0) is 19.5 Å². The van der Waals surface area contributed by atoms with Crippen molar-refractivity contribution in [2.24, 2.45) is 0 Å². The fourth-order valence-corrected chi connectivity index (χ4v) is 4.94. The van der Waals surface area contributed by atoms with Crippen LogP contribution in [0.1, 0.15) is 29.7 Å². The molecular formula is C25H29N3O. The summed E-state index contributed by atoms with van der Waals surface area (Å²) in [6, 6.07) is 20.0. The molecule has 5 rings (SSSR count). The quantitative estimate of drug-likeness (QED) is 0.669. The van der Waals surface area contributed by atoms with E-state index in [1.807, 2.05) is 12.1 Å². The molecule has 1 aromatic heterocycles. The summed E-state index contributed by atoms with van der Waals surface area (Å²) in [6.45, 7) is 5.48. The van der Waals surface area contributed by atoms with Crippen molar-refractivity contribution in [2.45, 2.75) is 38.4 Å². The minimum atomic E-state index is 0.645. The van der Waals surface area contributed by atoms with Gasteiger partial charge in [-0.3, -0.25) is 9.80 Å². The Balaban J connectivity index is 1.29. The number of rotatable bonds is 4. The molecule has 150 valence electrons. The van der Waals surface area contributed by atoms with Crippen molar-refractivity contribution in [2.75, 3.05) is 26.7 Å². The summed E-state index contributed by atoms with van der Waals surface area (Å²) in [6.07, 6.45) is 3.75. The molecule has 1 atom stereocenters. The average Bonchev–Trinajstić information content (AvgIpc) is 2.78. The number of likely N-dealkylation sites (tertiary alicyclic amines) is 1. The van der Waals surface area contributed by atoms with Crippen LogP contribution in [0, 0.1) is 0 Å². The van der Waals surface area contributed by atoms with E-state index < -0.39 is 0 Å². The van der Waals surface area contributed by atoms with Gasteiger partial charge in [-0.15, -0.1) is 0 Å². The Bertz CT molecular complexity index is 1000. The van der Waals surface area contributed by atoms with Crippen molar-refractivity contribution in [3.8, 4) is 5.75 Å². The molecule has 0 aliphatic carbocycles. The molecule has 3 heterocycles. The van der Waals surface area contributed by atoms with Gasteiger partial charge in [-0.05, 0) is 49.1 Å². The van der Waals surface area contributed by atoms with Crippen LogP contribution in [0.5, 0.6) is 5.75 Å². The van der Waals surface area contributed by atoms with E-state index >= 15 is 0 Å². The Kier molecular flexibility index (Phi) is 5.21. The largest absolute Gasteiger partial charge is 0.494 e. The summed E-state index contributed by atoms with van der Waals surface area (Å²) in [5.74, 6) is 0.854. The summed E-state index contributed by atoms with van der Waals surface area (Å²) < 4.78 is 5.51. The van der Waals surface area contributed by atoms with Crippen LogP contribution in [-0.4, -0.2) is 47.6 Å². The van der Waals surface area contributed by atoms with Gasteiger partial charge < -0.3 is 4.74 Å². The Labute approximate surface area is 173 Å². The van der Waals surface area contributed by atoms with E-state index in [1.54, 1.807) is 7.11 Å². The van der Waals surface area contributed by atoms with Gasteiger partial charge in [-0.1, -0.05) is 42.5 Å². The first kappa shape index (κ1) is 18.6. The second kappa shape index (κ2) is 8.13. The topological polar surface area (TPSA) is 28.6 Å². The van der Waals surface area contributed by atoms with Crippen LogP contribution in [0.2, 0.25) is 0 Å². The van der Waals surface area contributed by atoms with Crippen molar-refractivity contribution in [1.82, 2.24) is 14.8 Å². The molecule has 0 N–H and O–H groups in total. The Morgan fingerprint density at radius 1 is 1.00 bits per heavy atom. The van der Waals surface area contributed by atoms with E-state index in [1.165, 1.54) is 36.9 Å². The van der Waals surface area contributed by atoms with Crippen molar-refractivity contribution in [1.29, 1.82) is 0 Å². The van der Waals surface area contributed by atoms with Crippen LogP contribution < -0.4 is 4.74 Å². The number of para-hydroxylation sites is 1. The molecule has 0 radical (unpaired) electrons. The molecule has 2 aliphatic heterocycles. The van der Waals surface area contributed by atoms with Gasteiger partial charge in [0.1, 0.15) is 11.3 Å². The second-order valence-corrected chi connectivity index (χ2v) is 8.35. The van der Waals surface area contributed by atoms with Gasteiger partial charge in [0.2, 0.25) is 0 Å². The zero-order valence-electron chi connectivity index (χ0n) is 17.2. The van der Waals surface area contributed by atoms with E-state index in [0.29, 0.717) is 6.04 Å². The zero-order chi connectivity index (χ0) is 19.6. The van der Waals surface area contributed by atoms with Gasteiger partial charge >= 0.3 is 0 Å². The van der Waals surface area contributed by atoms with E-state index in [9.17, 15) is 0 Å². The van der Waals surface area contributed by atoms with E-state index in [4.69, 9.17) is 9.72 Å². The number of nitrogens with zero attached hydrogens (tertiary/aromatic N) is 3. The lowest BCUT2D eigenvalue weighted by molar-refractivity contribution is 0.0832. The molecule has 4 nitrogen and oxygen atoms in total. The van der Waals surface area contributed by atoms with Crippen LogP contribution in [0.3, 0.4) is 0 Å². The third kappa shape index (κ3) is 3.87. The highest BCUT2D eigenvalue weighted by Crippen LogP contribution is 2.26. The zero-order valence-corrected chi connectivity index (χ0v) is 17.2. The highest BCUT2D eigenvalue weighted by atomic mass is 16.5. The third-order valence-corrected chi connectivity index (χ3v) is 6.50. The predicted octanol–water partition coefficient (Wildman–Crippen LogP) is 4.27. The first-order valence-electron chi connectivity index (χ1n) is 10.8. The standard InChI is InChI=1S/C25H29N3O/c1-29-24-10-4-8-20-11-12-22(26-25(20)24)17-27-14-5-9-23(18-27)28-15-13-19-6-2-3-7-21(19)16-28/h2-4,6-8,10-12,23H,5,9,13-18H2,1H3/t23-/m1/s1. The molecule has 2 aromatic carbocycles. The lowest BCUT2D eigenvalue weighted by Crippen LogP contribution is -2.49. The number of benzene rings is 2. The number of aromatic nitrogens is 1. The maximum Gasteiger partial charge on any atom is 0.145 e. The van der Waals surface area contributed by atoms with Crippen LogP contribution in [0.25, 0.3) is 10.9 Å². The molecule has 29 heavy (non-hydrogen) atoms. The SMILES string of the molecule is COc1cccc2ccc(CN3CCC[C@@H](N4CCc5ccccc5C4)C3)nc12. The molecule has 1 fully saturated rings. The van der Waals surface area contributed by atoms with E-state index in [2.05, 4.69) is 52.3 Å². The minimum Gasteiger partial charge on any atom is -0.494 e. The molecule has 3 aromatic rings. The third-order valence-electron chi connectivity index (χ3n) is 6.50. The van der Waals surface area contributed by atoms with Gasteiger partial charge in [0.15, 0.2) is 0 Å². The average molecular weight is 388 g/mol. The monoisotopic (exact) mass is 387 g/mol. The molecule has 0 amide bonds. The number of hydrogen-bond donors (Lipinski definition) is 0. The van der Waals surface area contributed by atoms with E-state index in [-0.39, 0.29) is 0 Å². The highest BCUT2D eigenvalue weighted by molar-refractivity contribution is 5.84. The summed E-state index contributed by atoms with van der Waals surface area (Å²) in [5, 5.41) is 1.14. The number of pyridine rings is 1. The minimum absolute atomic E-state index is 0.645. The summed E-state index contributed by atoms with van der Waals surface area (Å²) in [4.78, 5) is 10.2. The smallest absolute Gasteiger partial charge is 0.145 e. The lowest BCUT2D eigenvalue weighted by atomic mass is 9.96. The van der Waals surface area contributed by atoms with Crippen molar-refractivity contribution in [3.05, 3.63) is 71.4 Å². The van der Waals surface area contributed by atoms with Crippen molar-refractivity contribution >= 4 is 10.9 Å². The van der Waals surface area contributed by atoms with Crippen molar-refractivity contribution in [3.63, 3.8) is 0 Å². The number of hydrogen-bond acceptors (Lipinski definition) is 4. The summed E-state index contributed by atoms with van der Waals surface area (Å²) in [5.41, 5.74) is 5.14. The molecule has 2 aliphatic rings. The summed E-state index contributed by atoms with van der Waals surface area (Å²) in [7, 11) is 1.72. The maximum atomic E-state index is 5.51. The fraction of sp³-hybridized carbons (Fsp3) is 0.400. The van der Waals surface area contributed by atoms with Crippen LogP contribution in [0.15, 0.2) is 54.6 Å². The van der Waals surface area contributed by atoms with Gasteiger partial charge in [-0.2, -0.15) is 0 Å². The Hall–Kier alpha value is -2.43. The normalized spacial score (nSPS) is 20.5. The number of ether oxygens (including phenoxy) is 1. The van der Waals surface area contributed by atoms with Gasteiger partial charge in [0.05, 0.1) is 12.8 Å². The summed E-state index contributed by atoms with van der Waals surface area (Å²) >= 11 is 0. The Morgan fingerprint density at radius 2 is 1.90 bits per heavy atom. The Morgan fingerprint density at radius 3 is 2.79 bits per heavy atom. The fourth-order valence-electron chi connectivity index (χ4n) is 4.94. The molecule has 0 spiro atoms. The van der Waals surface area contributed by atoms with Crippen molar-refractivity contribution < 1.29 is 4.74 Å². The molecule has 0 bridgehead atoms.